The van der Waals surface area contributed by atoms with Gasteiger partial charge in [-0.25, -0.2) is 0 Å². The minimum absolute atomic E-state index is 0.310. The van der Waals surface area contributed by atoms with Crippen LogP contribution in [0.3, 0.4) is 0 Å². The predicted molar refractivity (Wildman–Crippen MR) is 87.2 cm³/mol. The number of piperidine rings is 1. The topological polar surface area (TPSA) is 42.3 Å². The normalized spacial score (nSPS) is 26.5. The number of likely N-dealkylation sites (tertiary alicyclic amines) is 1. The van der Waals surface area contributed by atoms with Crippen LogP contribution in [-0.2, 0) is 0 Å². The van der Waals surface area contributed by atoms with Crippen LogP contribution in [0.25, 0.3) is 0 Å². The van der Waals surface area contributed by atoms with E-state index in [9.17, 15) is 5.26 Å². The number of nitrogens with one attached hydrogen (secondary N) is 1. The van der Waals surface area contributed by atoms with Crippen LogP contribution in [0.2, 0.25) is 0 Å². The molecule has 0 aromatic carbocycles. The van der Waals surface area contributed by atoms with Gasteiger partial charge in [-0.05, 0) is 79.1 Å². The van der Waals surface area contributed by atoms with Crippen LogP contribution in [0.15, 0.2) is 0 Å². The maximum Gasteiger partial charge on any atom is 0.104 e. The Morgan fingerprint density at radius 3 is 2.67 bits per heavy atom. The third kappa shape index (κ3) is 5.58. The smallest absolute Gasteiger partial charge is 0.104 e. The molecule has 4 nitrogen and oxygen atoms in total. The van der Waals surface area contributed by atoms with Crippen molar-refractivity contribution in [3.63, 3.8) is 0 Å². The Hall–Kier alpha value is -0.630. The Labute approximate surface area is 130 Å². The predicted octanol–water partition coefficient (Wildman–Crippen LogP) is 2.22. The first kappa shape index (κ1) is 16.7. The fourth-order valence-electron chi connectivity index (χ4n) is 3.31. The molecule has 21 heavy (non-hydrogen) atoms. The summed E-state index contributed by atoms with van der Waals surface area (Å²) in [5.74, 6) is 0. The summed E-state index contributed by atoms with van der Waals surface area (Å²) in [7, 11) is 4.38. The quantitative estimate of drug-likeness (QED) is 0.697. The highest BCUT2D eigenvalue weighted by atomic mass is 15.2. The van der Waals surface area contributed by atoms with Crippen molar-refractivity contribution in [2.24, 2.45) is 0 Å². The van der Waals surface area contributed by atoms with Gasteiger partial charge in [-0.1, -0.05) is 0 Å². The Morgan fingerprint density at radius 1 is 1.29 bits per heavy atom. The van der Waals surface area contributed by atoms with E-state index in [1.165, 1.54) is 51.7 Å². The minimum atomic E-state index is -0.310. The highest BCUT2D eigenvalue weighted by Gasteiger charge is 2.32. The van der Waals surface area contributed by atoms with E-state index < -0.39 is 0 Å². The number of nitrogens with zero attached hydrogens (tertiary/aromatic N) is 3. The molecule has 1 aliphatic carbocycles. The van der Waals surface area contributed by atoms with Crippen molar-refractivity contribution < 1.29 is 0 Å². The first-order chi connectivity index (χ1) is 10.0. The van der Waals surface area contributed by atoms with Gasteiger partial charge in [0.05, 0.1) is 6.07 Å². The summed E-state index contributed by atoms with van der Waals surface area (Å²) >= 11 is 0. The molecule has 1 heterocycles. The fraction of sp³-hybridized carbons (Fsp3) is 0.941. The van der Waals surface area contributed by atoms with Crippen LogP contribution >= 0.6 is 0 Å². The van der Waals surface area contributed by atoms with E-state index in [4.69, 9.17) is 0 Å². The molecule has 1 N–H and O–H groups in total. The molecule has 0 amide bonds. The molecular weight excluding hydrogens is 260 g/mol. The van der Waals surface area contributed by atoms with Crippen LogP contribution in [0.5, 0.6) is 0 Å². The van der Waals surface area contributed by atoms with E-state index in [1.54, 1.807) is 0 Å². The average molecular weight is 292 g/mol. The molecule has 2 rings (SSSR count). The second-order valence-corrected chi connectivity index (χ2v) is 7.38. The van der Waals surface area contributed by atoms with Gasteiger partial charge >= 0.3 is 0 Å². The van der Waals surface area contributed by atoms with Crippen LogP contribution < -0.4 is 5.32 Å². The zero-order chi connectivity index (χ0) is 15.3. The van der Waals surface area contributed by atoms with E-state index in [0.717, 1.165) is 18.9 Å². The van der Waals surface area contributed by atoms with E-state index in [0.29, 0.717) is 6.04 Å². The molecule has 1 saturated carbocycles. The van der Waals surface area contributed by atoms with Gasteiger partial charge in [0.15, 0.2) is 0 Å². The van der Waals surface area contributed by atoms with Gasteiger partial charge in [0, 0.05) is 18.6 Å². The van der Waals surface area contributed by atoms with E-state index >= 15 is 0 Å². The van der Waals surface area contributed by atoms with Crippen molar-refractivity contribution in [1.82, 2.24) is 15.1 Å². The van der Waals surface area contributed by atoms with Gasteiger partial charge in [-0.15, -0.1) is 0 Å². The summed E-state index contributed by atoms with van der Waals surface area (Å²) in [6.07, 6.45) is 8.48. The van der Waals surface area contributed by atoms with Crippen LogP contribution in [0, 0.1) is 11.3 Å². The highest BCUT2D eigenvalue weighted by molar-refractivity contribution is 5.06. The molecule has 0 spiro atoms. The maximum atomic E-state index is 9.38. The summed E-state index contributed by atoms with van der Waals surface area (Å²) in [5.41, 5.74) is -0.310. The van der Waals surface area contributed by atoms with Crippen LogP contribution in [0.4, 0.5) is 0 Å². The molecule has 1 saturated heterocycles. The summed E-state index contributed by atoms with van der Waals surface area (Å²) < 4.78 is 0. The van der Waals surface area contributed by atoms with E-state index in [1.807, 2.05) is 0 Å². The zero-order valence-corrected chi connectivity index (χ0v) is 14.1. The largest absolute Gasteiger partial charge is 0.305 e. The monoisotopic (exact) mass is 292 g/mol. The summed E-state index contributed by atoms with van der Waals surface area (Å²) in [4.78, 5) is 4.96. The summed E-state index contributed by atoms with van der Waals surface area (Å²) in [5, 5.41) is 12.9. The van der Waals surface area contributed by atoms with Crippen LogP contribution in [0.1, 0.15) is 51.9 Å². The molecule has 0 bridgehead atoms. The Morgan fingerprint density at radius 2 is 2.05 bits per heavy atom. The third-order valence-corrected chi connectivity index (χ3v) is 4.96. The molecule has 4 heteroatoms. The SMILES string of the molecule is CN(C)C1CCCN(CCCCC(C)(C#N)NC2CC2)C1. The molecule has 2 unspecified atom stereocenters. The van der Waals surface area contributed by atoms with Crippen molar-refractivity contribution >= 4 is 0 Å². The van der Waals surface area contributed by atoms with Crippen molar-refractivity contribution in [3.8, 4) is 6.07 Å². The minimum Gasteiger partial charge on any atom is -0.305 e. The lowest BCUT2D eigenvalue weighted by atomic mass is 9.96. The number of hydrogen-bond acceptors (Lipinski definition) is 4. The molecule has 0 aromatic rings. The van der Waals surface area contributed by atoms with E-state index in [2.05, 4.69) is 42.2 Å². The lowest BCUT2D eigenvalue weighted by Gasteiger charge is -2.36. The molecular formula is C17H32N4. The third-order valence-electron chi connectivity index (χ3n) is 4.96. The molecule has 120 valence electrons. The number of hydrogen-bond donors (Lipinski definition) is 1. The molecule has 0 radical (unpaired) electrons. The Bertz CT molecular complexity index is 358. The standard InChI is InChI=1S/C17H32N4/c1-17(14-18,19-15-8-9-15)10-4-5-11-21-12-6-7-16(13-21)20(2)3/h15-16,19H,4-13H2,1-3H3. The number of nitriles is 1. The molecule has 2 fully saturated rings. The van der Waals surface area contributed by atoms with Crippen molar-refractivity contribution in [2.45, 2.75) is 69.5 Å². The van der Waals surface area contributed by atoms with Crippen molar-refractivity contribution in [3.05, 3.63) is 0 Å². The molecule has 0 aromatic heterocycles. The lowest BCUT2D eigenvalue weighted by Crippen LogP contribution is -2.45. The van der Waals surface area contributed by atoms with Crippen molar-refractivity contribution in [2.75, 3.05) is 33.7 Å². The molecule has 2 aliphatic rings. The van der Waals surface area contributed by atoms with Gasteiger partial charge in [-0.2, -0.15) is 5.26 Å². The second kappa shape index (κ2) is 7.58. The maximum absolute atomic E-state index is 9.38. The van der Waals surface area contributed by atoms with Gasteiger partial charge in [0.1, 0.15) is 5.54 Å². The number of rotatable bonds is 8. The number of unbranched alkanes of at least 4 members (excludes halogenated alkanes) is 1. The highest BCUT2D eigenvalue weighted by Crippen LogP contribution is 2.25. The van der Waals surface area contributed by atoms with Crippen LogP contribution in [-0.4, -0.2) is 61.2 Å². The van der Waals surface area contributed by atoms with Gasteiger partial charge in [0.25, 0.3) is 0 Å². The van der Waals surface area contributed by atoms with E-state index in [-0.39, 0.29) is 5.54 Å². The average Bonchev–Trinajstić information content (AvgIpc) is 3.28. The first-order valence-corrected chi connectivity index (χ1v) is 8.60. The van der Waals surface area contributed by atoms with Gasteiger partial charge in [-0.3, -0.25) is 5.32 Å². The Balaban J connectivity index is 1.63. The summed E-state index contributed by atoms with van der Waals surface area (Å²) in [6, 6.07) is 3.81. The fourth-order valence-corrected chi connectivity index (χ4v) is 3.31. The van der Waals surface area contributed by atoms with Gasteiger partial charge < -0.3 is 9.80 Å². The molecule has 2 atom stereocenters. The van der Waals surface area contributed by atoms with Crippen molar-refractivity contribution in [1.29, 1.82) is 5.26 Å². The molecule has 1 aliphatic heterocycles. The second-order valence-electron chi connectivity index (χ2n) is 7.38. The first-order valence-electron chi connectivity index (χ1n) is 8.60. The summed E-state index contributed by atoms with van der Waals surface area (Å²) in [6.45, 7) is 5.71. The van der Waals surface area contributed by atoms with Gasteiger partial charge in [0.2, 0.25) is 0 Å². The Kier molecular flexibility index (Phi) is 6.04. The zero-order valence-electron chi connectivity index (χ0n) is 14.1. The lowest BCUT2D eigenvalue weighted by molar-refractivity contribution is 0.131. The number of likely N-dealkylation sites (N-methyl/N-ethyl adjacent to an activating group) is 1.